The zero-order valence-electron chi connectivity index (χ0n) is 12.6. The molecule has 0 nitrogen and oxygen atoms in total. The van der Waals surface area contributed by atoms with Crippen LogP contribution in [0.1, 0.15) is 39.5 Å². The average molecular weight is 264 g/mol. The number of unbranched alkanes of at least 4 members (excludes halogenated alkanes) is 3. The Morgan fingerprint density at radius 3 is 1.35 bits per heavy atom. The molecule has 0 unspecified atom stereocenters. The van der Waals surface area contributed by atoms with Gasteiger partial charge in [0.15, 0.2) is 0 Å². The van der Waals surface area contributed by atoms with E-state index in [1.165, 1.54) is 47.2 Å². The van der Waals surface area contributed by atoms with E-state index in [1.807, 2.05) is 0 Å². The Hall–Kier alpha value is -1.82. The van der Waals surface area contributed by atoms with Gasteiger partial charge >= 0.3 is 0 Å². The highest BCUT2D eigenvalue weighted by atomic mass is 14.0. The van der Waals surface area contributed by atoms with Crippen molar-refractivity contribution >= 4 is 21.5 Å². The third-order valence-corrected chi connectivity index (χ3v) is 3.61. The van der Waals surface area contributed by atoms with Crippen molar-refractivity contribution in [3.8, 4) is 0 Å². The monoisotopic (exact) mass is 264 g/mol. The molecule has 0 aliphatic heterocycles. The number of hydrogen-bond donors (Lipinski definition) is 0. The molecule has 0 aliphatic carbocycles. The lowest BCUT2D eigenvalue weighted by atomic mass is 10.0. The minimum atomic E-state index is 1.31. The molecule has 3 aromatic rings. The molecule has 0 fully saturated rings. The van der Waals surface area contributed by atoms with Gasteiger partial charge in [-0.05, 0) is 21.5 Å². The Labute approximate surface area is 122 Å². The first kappa shape index (κ1) is 14.6. The maximum atomic E-state index is 2.23. The van der Waals surface area contributed by atoms with Crippen LogP contribution >= 0.6 is 0 Å². The van der Waals surface area contributed by atoms with Crippen LogP contribution in [-0.2, 0) is 0 Å². The maximum absolute atomic E-state index is 2.23. The zero-order chi connectivity index (χ0) is 14.2. The van der Waals surface area contributed by atoms with E-state index in [4.69, 9.17) is 0 Å². The minimum Gasteiger partial charge on any atom is -0.0654 e. The lowest BCUT2D eigenvalue weighted by Crippen LogP contribution is -1.75. The van der Waals surface area contributed by atoms with E-state index in [1.54, 1.807) is 0 Å². The van der Waals surface area contributed by atoms with Crippen LogP contribution in [0.5, 0.6) is 0 Å². The van der Waals surface area contributed by atoms with Crippen molar-refractivity contribution in [1.82, 2.24) is 0 Å². The first-order valence-electron chi connectivity index (χ1n) is 7.73. The Balaban J connectivity index is 0.000000212. The van der Waals surface area contributed by atoms with E-state index in [2.05, 4.69) is 74.5 Å². The maximum Gasteiger partial charge on any atom is -0.0105 e. The van der Waals surface area contributed by atoms with E-state index in [-0.39, 0.29) is 0 Å². The van der Waals surface area contributed by atoms with E-state index >= 15 is 0 Å². The molecule has 104 valence electrons. The topological polar surface area (TPSA) is 0 Å². The molecule has 20 heavy (non-hydrogen) atoms. The van der Waals surface area contributed by atoms with Crippen LogP contribution in [0.3, 0.4) is 0 Å². The molecule has 0 saturated heterocycles. The third kappa shape index (κ3) is 3.60. The molecule has 0 aromatic heterocycles. The van der Waals surface area contributed by atoms with Crippen LogP contribution in [0.2, 0.25) is 0 Å². The molecule has 0 radical (unpaired) electrons. The van der Waals surface area contributed by atoms with Crippen molar-refractivity contribution in [3.05, 3.63) is 60.7 Å². The molecule has 3 aromatic carbocycles. The summed E-state index contributed by atoms with van der Waals surface area (Å²) in [6.07, 6.45) is 5.54. The van der Waals surface area contributed by atoms with Crippen molar-refractivity contribution in [2.75, 3.05) is 0 Å². The molecule has 0 spiro atoms. The smallest absolute Gasteiger partial charge is 0.0105 e. The first-order valence-corrected chi connectivity index (χ1v) is 7.73. The largest absolute Gasteiger partial charge is 0.0654 e. The van der Waals surface area contributed by atoms with Gasteiger partial charge in [0.1, 0.15) is 0 Å². The summed E-state index contributed by atoms with van der Waals surface area (Å²) in [6, 6.07) is 21.4. The highest BCUT2D eigenvalue weighted by Gasteiger charge is 1.97. The summed E-state index contributed by atoms with van der Waals surface area (Å²) < 4.78 is 0. The SMILES string of the molecule is CCCCCC.c1ccc2c(c1)ccc1ccccc12. The Bertz CT molecular complexity index is 593. The second-order valence-corrected chi connectivity index (χ2v) is 5.21. The van der Waals surface area contributed by atoms with Crippen LogP contribution < -0.4 is 0 Å². The second-order valence-electron chi connectivity index (χ2n) is 5.21. The van der Waals surface area contributed by atoms with Gasteiger partial charge < -0.3 is 0 Å². The summed E-state index contributed by atoms with van der Waals surface area (Å²) in [7, 11) is 0. The van der Waals surface area contributed by atoms with Crippen molar-refractivity contribution < 1.29 is 0 Å². The van der Waals surface area contributed by atoms with Crippen molar-refractivity contribution in [2.24, 2.45) is 0 Å². The van der Waals surface area contributed by atoms with Crippen LogP contribution in [0.15, 0.2) is 60.7 Å². The van der Waals surface area contributed by atoms with E-state index < -0.39 is 0 Å². The second kappa shape index (κ2) is 7.69. The predicted molar refractivity (Wildman–Crippen MR) is 91.3 cm³/mol. The fourth-order valence-corrected chi connectivity index (χ4v) is 2.45. The summed E-state index contributed by atoms with van der Waals surface area (Å²) in [5, 5.41) is 5.30. The van der Waals surface area contributed by atoms with Crippen molar-refractivity contribution in [2.45, 2.75) is 39.5 Å². The molecule has 0 aliphatic rings. The molecule has 3 rings (SSSR count). The number of rotatable bonds is 3. The van der Waals surface area contributed by atoms with Gasteiger partial charge in [0.05, 0.1) is 0 Å². The van der Waals surface area contributed by atoms with Gasteiger partial charge in [-0.3, -0.25) is 0 Å². The highest BCUT2D eigenvalue weighted by molar-refractivity contribution is 6.07. The molecule has 0 heterocycles. The average Bonchev–Trinajstić information content (AvgIpc) is 2.53. The van der Waals surface area contributed by atoms with E-state index in [9.17, 15) is 0 Å². The Morgan fingerprint density at radius 1 is 0.550 bits per heavy atom. The van der Waals surface area contributed by atoms with Gasteiger partial charge in [0.25, 0.3) is 0 Å². The fraction of sp³-hybridized carbons (Fsp3) is 0.300. The summed E-state index contributed by atoms with van der Waals surface area (Å²) >= 11 is 0. The Kier molecular flexibility index (Phi) is 5.61. The molecule has 0 amide bonds. The number of hydrogen-bond acceptors (Lipinski definition) is 0. The summed E-state index contributed by atoms with van der Waals surface area (Å²) in [6.45, 7) is 4.46. The molecule has 0 atom stereocenters. The first-order chi connectivity index (χ1) is 9.86. The van der Waals surface area contributed by atoms with Crippen LogP contribution in [0, 0.1) is 0 Å². The van der Waals surface area contributed by atoms with Crippen LogP contribution in [0.4, 0.5) is 0 Å². The zero-order valence-corrected chi connectivity index (χ0v) is 12.6. The summed E-state index contributed by atoms with van der Waals surface area (Å²) in [5.41, 5.74) is 0. The lowest BCUT2D eigenvalue weighted by molar-refractivity contribution is 0.702. The normalized spacial score (nSPS) is 10.3. The molecule has 0 bridgehead atoms. The summed E-state index contributed by atoms with van der Waals surface area (Å²) in [5.74, 6) is 0. The highest BCUT2D eigenvalue weighted by Crippen LogP contribution is 2.24. The molecule has 0 saturated carbocycles. The number of fused-ring (bicyclic) bond motifs is 3. The van der Waals surface area contributed by atoms with Crippen LogP contribution in [0.25, 0.3) is 21.5 Å². The summed E-state index contributed by atoms with van der Waals surface area (Å²) in [4.78, 5) is 0. The van der Waals surface area contributed by atoms with Gasteiger partial charge in [-0.1, -0.05) is 100 Å². The third-order valence-electron chi connectivity index (χ3n) is 3.61. The van der Waals surface area contributed by atoms with Gasteiger partial charge in [-0.2, -0.15) is 0 Å². The molecular weight excluding hydrogens is 240 g/mol. The minimum absolute atomic E-state index is 1.31. The van der Waals surface area contributed by atoms with Gasteiger partial charge in [-0.15, -0.1) is 0 Å². The molecule has 0 heteroatoms. The van der Waals surface area contributed by atoms with Gasteiger partial charge in [0, 0.05) is 0 Å². The van der Waals surface area contributed by atoms with Crippen molar-refractivity contribution in [3.63, 3.8) is 0 Å². The Morgan fingerprint density at radius 2 is 0.950 bits per heavy atom. The number of benzene rings is 3. The van der Waals surface area contributed by atoms with Crippen molar-refractivity contribution in [1.29, 1.82) is 0 Å². The predicted octanol–water partition coefficient (Wildman–Crippen LogP) is 6.58. The lowest BCUT2D eigenvalue weighted by Gasteiger charge is -2.02. The molecule has 0 N–H and O–H groups in total. The van der Waals surface area contributed by atoms with Gasteiger partial charge in [-0.25, -0.2) is 0 Å². The standard InChI is InChI=1S/C14H10.C6H14/c1-3-7-13-11(5-1)9-10-12-6-2-4-8-14(12)13;1-3-5-6-4-2/h1-10H;3-6H2,1-2H3. The van der Waals surface area contributed by atoms with E-state index in [0.29, 0.717) is 0 Å². The van der Waals surface area contributed by atoms with E-state index in [0.717, 1.165) is 0 Å². The van der Waals surface area contributed by atoms with Crippen LogP contribution in [-0.4, -0.2) is 0 Å². The fourth-order valence-electron chi connectivity index (χ4n) is 2.45. The quantitative estimate of drug-likeness (QED) is 0.370. The van der Waals surface area contributed by atoms with Gasteiger partial charge in [0.2, 0.25) is 0 Å². The molecular formula is C20H24.